The number of cyclic esters (lactones) is 2. The van der Waals surface area contributed by atoms with E-state index in [2.05, 4.69) is 79.6 Å². The van der Waals surface area contributed by atoms with Crippen molar-refractivity contribution in [2.75, 3.05) is 7.11 Å². The van der Waals surface area contributed by atoms with Crippen molar-refractivity contribution in [2.24, 2.45) is 82.3 Å². The summed E-state index contributed by atoms with van der Waals surface area (Å²) in [6, 6.07) is 0. The Bertz CT molecular complexity index is 1250. The van der Waals surface area contributed by atoms with Gasteiger partial charge in [0.2, 0.25) is 5.97 Å². The van der Waals surface area contributed by atoms with E-state index in [4.69, 9.17) is 24.4 Å². The summed E-state index contributed by atoms with van der Waals surface area (Å²) in [6.07, 6.45) is 19.0. The van der Waals surface area contributed by atoms with Gasteiger partial charge in [-0.25, -0.2) is 34.9 Å². The van der Waals surface area contributed by atoms with Crippen molar-refractivity contribution in [2.45, 2.75) is 126 Å². The molecule has 63 heavy (non-hydrogen) atoms. The molecule has 7 fully saturated rings. The number of unbranched alkanes of at least 4 members (excludes halogenated alkanes) is 1. The maximum Gasteiger partial charge on any atom is 2.00 e. The van der Waals surface area contributed by atoms with E-state index in [1.165, 1.54) is 45.6 Å². The topological polar surface area (TPSA) is 186 Å². The zero-order chi connectivity index (χ0) is 44.5. The van der Waals surface area contributed by atoms with E-state index >= 15 is 0 Å². The molecule has 14 unspecified atom stereocenters. The van der Waals surface area contributed by atoms with Gasteiger partial charge in [0.25, 0.3) is 5.97 Å². The van der Waals surface area contributed by atoms with Gasteiger partial charge in [-0.05, 0) is 60.2 Å². The molecule has 6 saturated carbocycles. The van der Waals surface area contributed by atoms with E-state index in [-0.39, 0.29) is 159 Å². The van der Waals surface area contributed by atoms with Gasteiger partial charge in [0.1, 0.15) is 0 Å². The molecular formula is C46H76O12W3Y2-4. The number of ether oxygens (including phenoxy) is 4. The summed E-state index contributed by atoms with van der Waals surface area (Å²) in [5.74, 6) is 0.479. The quantitative estimate of drug-likeness (QED) is 0.0567. The second-order valence-corrected chi connectivity index (χ2v) is 16.1. The fourth-order valence-electron chi connectivity index (χ4n) is 11.6. The van der Waals surface area contributed by atoms with Crippen LogP contribution < -0.4 is 0 Å². The number of fused-ring (bicyclic) bond motifs is 10. The number of carboxylic acid groups (broad SMARTS) is 1. The first-order chi connectivity index (χ1) is 27.8. The normalized spacial score (nSPS) is 34.1. The van der Waals surface area contributed by atoms with Crippen LogP contribution in [0.4, 0.5) is 0 Å². The van der Waals surface area contributed by atoms with Crippen molar-refractivity contribution >= 4 is 23.9 Å². The zero-order valence-corrected chi connectivity index (χ0v) is 53.6. The molecule has 7 rings (SSSR count). The number of aliphatic carboxylic acids is 1. The summed E-state index contributed by atoms with van der Waals surface area (Å²) in [5, 5.41) is 34.1. The first-order valence-corrected chi connectivity index (χ1v) is 21.4. The standard InChI is InChI=1S/C19H28O5.C17H26O2.C4H4O3.2C2H6.2CH3O.3W.2Y/c1-5-9-8(2)10-6-11(9)15-12-7-13(14(10)15)17(16(12)18(20)21)19(22,23-3)24-4;1-4-5-6-13-7-8-14-9-10-17(2,16(18)19-3)12-15(14)11-13;5-3-1-2-4(6)7-3;4*1-2;;;;;/h8-17,22H,3-7H2,1-2H3,(H,20,21);8-9,11-15H,4-7,10H2,1-3H3;1-2H2;2*1-2H3;2*2H,1H2;;;;;/q-2;-4;;;;2*-1;;2*+2;;. The second-order valence-electron chi connectivity index (χ2n) is 16.1. The molecule has 12 nitrogen and oxygen atoms in total. The van der Waals surface area contributed by atoms with E-state index in [1.54, 1.807) is 0 Å². The monoisotopic (exact) mass is 1550 g/mol. The molecule has 14 atom stereocenters. The number of aliphatic hydroxyl groups excluding tert-OH is 2. The average Bonchev–Trinajstić information content (AvgIpc) is 4.09. The van der Waals surface area contributed by atoms with E-state index in [1.807, 2.05) is 34.6 Å². The predicted octanol–water partition coefficient (Wildman–Crippen LogP) is 8.78. The predicted molar refractivity (Wildman–Crippen MR) is 220 cm³/mol. The first kappa shape index (κ1) is 74.1. The van der Waals surface area contributed by atoms with Crippen molar-refractivity contribution in [3.63, 3.8) is 0 Å². The summed E-state index contributed by atoms with van der Waals surface area (Å²) >= 11 is 0. The molecule has 4 N–H and O–H groups in total. The Balaban J connectivity index is -0.000000259. The summed E-state index contributed by atoms with van der Waals surface area (Å²) < 4.78 is 19.0. The molecule has 1 heterocycles. The van der Waals surface area contributed by atoms with Gasteiger partial charge in [-0.3, -0.25) is 19.2 Å². The molecule has 17 heteroatoms. The SMILES string of the molecule is CC.CC.CCCCC1[CH-]C2[CH-]C(C)(C(=O)OC)C[CH-]C2[CH-]C1.O=C1CCC(=O)O1.[CH2-]O.[CH2-]O.[CH2-]OC(O)(O[CH2-])C1C2CC(C1C(=O)O)C1C3CC(C(C)C3CC)C21.[W+2].[W+2].[W].[Y].[Y]. The Morgan fingerprint density at radius 1 is 0.873 bits per heavy atom. The van der Waals surface area contributed by atoms with E-state index in [0.29, 0.717) is 47.3 Å². The number of carboxylic acids is 1. The Hall–Kier alpha value is 2.15. The number of carbonyl (C=O) groups excluding carboxylic acids is 3. The minimum absolute atomic E-state index is 0. The van der Waals surface area contributed by atoms with Crippen LogP contribution in [0.25, 0.3) is 0 Å². The largest absolute Gasteiger partial charge is 2.00 e. The van der Waals surface area contributed by atoms with Crippen molar-refractivity contribution < 1.29 is 187 Å². The van der Waals surface area contributed by atoms with Crippen LogP contribution in [0.3, 0.4) is 0 Å². The van der Waals surface area contributed by atoms with Crippen LogP contribution in [-0.2, 0) is 167 Å². The van der Waals surface area contributed by atoms with Crippen LogP contribution in [0, 0.1) is 136 Å². The van der Waals surface area contributed by atoms with Crippen LogP contribution in [0.2, 0.25) is 0 Å². The molecule has 7 aliphatic rings. The molecule has 0 aromatic carbocycles. The minimum atomic E-state index is -2.01. The third kappa shape index (κ3) is 18.1. The van der Waals surface area contributed by atoms with Gasteiger partial charge in [0, 0.05) is 86.5 Å². The molecule has 0 amide bonds. The van der Waals surface area contributed by atoms with Crippen LogP contribution in [0.15, 0.2) is 0 Å². The third-order valence-corrected chi connectivity index (χ3v) is 13.7. The Morgan fingerprint density at radius 3 is 1.81 bits per heavy atom. The minimum Gasteiger partial charge on any atom is -0.569 e. The number of methoxy groups -OCH3 is 1. The molecule has 6 aliphatic carbocycles. The van der Waals surface area contributed by atoms with Crippen LogP contribution in [-0.4, -0.2) is 57.4 Å². The smallest absolute Gasteiger partial charge is 0.569 e. The summed E-state index contributed by atoms with van der Waals surface area (Å²) in [5.41, 5.74) is -0.438. The Kier molecular flexibility index (Phi) is 43.5. The van der Waals surface area contributed by atoms with Gasteiger partial charge >= 0.3 is 60.0 Å². The zero-order valence-electron chi connectivity index (χ0n) is 39.1. The second kappa shape index (κ2) is 37.0. The first-order valence-electron chi connectivity index (χ1n) is 21.4. The third-order valence-electron chi connectivity index (χ3n) is 13.7. The number of rotatable bonds is 9. The van der Waals surface area contributed by atoms with Crippen molar-refractivity contribution in [3.8, 4) is 0 Å². The van der Waals surface area contributed by atoms with Gasteiger partial charge in [-0.2, -0.15) is 12.3 Å². The molecule has 360 valence electrons. The molecule has 1 aliphatic heterocycles. The Morgan fingerprint density at radius 2 is 1.38 bits per heavy atom. The Labute approximate surface area is 474 Å². The maximum absolute atomic E-state index is 12.0. The van der Waals surface area contributed by atoms with Gasteiger partial charge in [-0.15, -0.1) is 0 Å². The number of hydrogen-bond acceptors (Lipinski definition) is 11. The fourth-order valence-corrected chi connectivity index (χ4v) is 11.6. The van der Waals surface area contributed by atoms with Crippen molar-refractivity contribution in [3.05, 3.63) is 54.1 Å². The average molecular weight is 1550 g/mol. The summed E-state index contributed by atoms with van der Waals surface area (Å²) in [6.45, 7) is 16.8. The molecule has 1 saturated heterocycles. The fraction of sp³-hybridized carbons (Fsp3) is 0.739. The number of esters is 3. The van der Waals surface area contributed by atoms with Crippen LogP contribution >= 0.6 is 0 Å². The van der Waals surface area contributed by atoms with E-state index < -0.39 is 41.1 Å². The summed E-state index contributed by atoms with van der Waals surface area (Å²) in [7, 11) is 12.6. The van der Waals surface area contributed by atoms with Crippen LogP contribution in [0.5, 0.6) is 0 Å². The molecule has 2 radical (unpaired) electrons. The number of hydrogen-bond donors (Lipinski definition) is 4. The molecule has 0 aromatic rings. The van der Waals surface area contributed by atoms with Gasteiger partial charge < -0.3 is 76.9 Å². The van der Waals surface area contributed by atoms with Crippen molar-refractivity contribution in [1.82, 2.24) is 0 Å². The summed E-state index contributed by atoms with van der Waals surface area (Å²) in [4.78, 5) is 44.0. The molecule has 0 spiro atoms. The molecule has 4 bridgehead atoms. The van der Waals surface area contributed by atoms with Gasteiger partial charge in [0.15, 0.2) is 0 Å². The molecule has 0 aromatic heterocycles. The van der Waals surface area contributed by atoms with Gasteiger partial charge in [0.05, 0.1) is 31.8 Å². The van der Waals surface area contributed by atoms with E-state index in [9.17, 15) is 29.4 Å². The molecular weight excluding hydrogens is 1470 g/mol. The van der Waals surface area contributed by atoms with Crippen LogP contribution in [0.1, 0.15) is 120 Å². The number of carbonyl (C=O) groups is 4. The maximum atomic E-state index is 12.0. The number of aliphatic hydroxyl groups is 3. The van der Waals surface area contributed by atoms with Gasteiger partial charge in [-0.1, -0.05) is 86.5 Å². The van der Waals surface area contributed by atoms with Crippen molar-refractivity contribution in [1.29, 1.82) is 0 Å². The van der Waals surface area contributed by atoms with E-state index in [0.717, 1.165) is 18.8 Å².